The lowest BCUT2D eigenvalue weighted by Gasteiger charge is -2.26. The van der Waals surface area contributed by atoms with E-state index in [0.29, 0.717) is 25.0 Å². The van der Waals surface area contributed by atoms with Crippen LogP contribution in [0.1, 0.15) is 31.9 Å². The van der Waals surface area contributed by atoms with Gasteiger partial charge in [0.15, 0.2) is 0 Å². The second-order valence-electron chi connectivity index (χ2n) is 8.75. The van der Waals surface area contributed by atoms with Crippen molar-refractivity contribution in [2.24, 2.45) is 0 Å². The van der Waals surface area contributed by atoms with E-state index in [0.717, 1.165) is 16.5 Å². The quantitative estimate of drug-likeness (QED) is 0.463. The Morgan fingerprint density at radius 2 is 1.78 bits per heavy atom. The highest BCUT2D eigenvalue weighted by Gasteiger charge is 2.24. The van der Waals surface area contributed by atoms with Crippen molar-refractivity contribution in [2.45, 2.75) is 44.6 Å². The Morgan fingerprint density at radius 3 is 2.41 bits per heavy atom. The maximum atomic E-state index is 13.3. The molecule has 0 fully saturated rings. The number of carbonyl (C=O) groups is 1. The molecule has 32 heavy (non-hydrogen) atoms. The molecule has 3 rings (SSSR count). The molecule has 0 N–H and O–H groups in total. The van der Waals surface area contributed by atoms with Gasteiger partial charge >= 0.3 is 6.09 Å². The fourth-order valence-electron chi connectivity index (χ4n) is 3.43. The van der Waals surface area contributed by atoms with Gasteiger partial charge in [-0.25, -0.2) is 17.2 Å². The zero-order valence-corrected chi connectivity index (χ0v) is 19.9. The molecule has 0 aliphatic heterocycles. The number of para-hydroxylation sites is 1. The van der Waals surface area contributed by atoms with Gasteiger partial charge in [-0.3, -0.25) is 0 Å². The van der Waals surface area contributed by atoms with Crippen LogP contribution in [0.5, 0.6) is 0 Å². The summed E-state index contributed by atoms with van der Waals surface area (Å²) in [6.07, 6.45) is 3.36. The SMILES string of the molecule is C=CCN(CCc1cn(S(=O)(=O)c2ccc(C)cc2)c2ccccc12)C(=O)OC(C)(C)C. The number of ether oxygens (including phenoxy) is 1. The van der Waals surface area contributed by atoms with Crippen LogP contribution in [0.2, 0.25) is 0 Å². The molecule has 0 unspecified atom stereocenters. The van der Waals surface area contributed by atoms with Crippen molar-refractivity contribution in [3.8, 4) is 0 Å². The van der Waals surface area contributed by atoms with Crippen LogP contribution in [0.25, 0.3) is 10.9 Å². The lowest BCUT2D eigenvalue weighted by Crippen LogP contribution is -2.38. The topological polar surface area (TPSA) is 68.6 Å². The van der Waals surface area contributed by atoms with Gasteiger partial charge in [0.05, 0.1) is 10.4 Å². The zero-order valence-electron chi connectivity index (χ0n) is 19.0. The van der Waals surface area contributed by atoms with Crippen LogP contribution in [-0.2, 0) is 21.2 Å². The van der Waals surface area contributed by atoms with Crippen LogP contribution in [0.15, 0.2) is 72.3 Å². The monoisotopic (exact) mass is 454 g/mol. The Kier molecular flexibility index (Phi) is 6.79. The maximum absolute atomic E-state index is 13.3. The standard InChI is InChI=1S/C25H30N2O4S/c1-6-16-26(24(28)31-25(3,4)5)17-15-20-18-27(23-10-8-7-9-22(20)23)32(29,30)21-13-11-19(2)12-14-21/h6-14,18H,1,15-17H2,2-5H3. The van der Waals surface area contributed by atoms with E-state index in [-0.39, 0.29) is 4.90 Å². The van der Waals surface area contributed by atoms with E-state index in [1.165, 1.54) is 3.97 Å². The third-order valence-corrected chi connectivity index (χ3v) is 6.68. The van der Waals surface area contributed by atoms with Gasteiger partial charge in [0.2, 0.25) is 0 Å². The zero-order chi connectivity index (χ0) is 23.5. The molecule has 1 heterocycles. The number of benzene rings is 2. The summed E-state index contributed by atoms with van der Waals surface area (Å²) in [4.78, 5) is 14.4. The Morgan fingerprint density at radius 1 is 1.12 bits per heavy atom. The average Bonchev–Trinajstić information content (AvgIpc) is 3.10. The number of hydrogen-bond acceptors (Lipinski definition) is 4. The van der Waals surface area contributed by atoms with E-state index in [1.54, 1.807) is 47.5 Å². The van der Waals surface area contributed by atoms with Crippen LogP contribution in [0.4, 0.5) is 4.79 Å². The number of rotatable bonds is 7. The van der Waals surface area contributed by atoms with Crippen molar-refractivity contribution in [1.29, 1.82) is 0 Å². The number of nitrogens with zero attached hydrogens (tertiary/aromatic N) is 2. The van der Waals surface area contributed by atoms with Crippen LogP contribution in [-0.4, -0.2) is 42.1 Å². The van der Waals surface area contributed by atoms with Gasteiger partial charge in [-0.1, -0.05) is 42.0 Å². The predicted octanol–water partition coefficient (Wildman–Crippen LogP) is 5.15. The van der Waals surface area contributed by atoms with E-state index >= 15 is 0 Å². The summed E-state index contributed by atoms with van der Waals surface area (Å²) < 4.78 is 33.5. The van der Waals surface area contributed by atoms with Crippen LogP contribution >= 0.6 is 0 Å². The first-order valence-corrected chi connectivity index (χ1v) is 12.0. The third-order valence-electron chi connectivity index (χ3n) is 4.99. The molecule has 0 aliphatic carbocycles. The summed E-state index contributed by atoms with van der Waals surface area (Å²) in [6.45, 7) is 11.8. The summed E-state index contributed by atoms with van der Waals surface area (Å²) in [6, 6.07) is 14.2. The maximum Gasteiger partial charge on any atom is 0.410 e. The molecule has 6 nitrogen and oxygen atoms in total. The lowest BCUT2D eigenvalue weighted by molar-refractivity contribution is 0.0274. The van der Waals surface area contributed by atoms with Gasteiger partial charge < -0.3 is 9.64 Å². The molecule has 1 aromatic heterocycles. The summed E-state index contributed by atoms with van der Waals surface area (Å²) >= 11 is 0. The predicted molar refractivity (Wildman–Crippen MR) is 127 cm³/mol. The smallest absolute Gasteiger partial charge is 0.410 e. The molecule has 170 valence electrons. The first-order chi connectivity index (χ1) is 15.0. The van der Waals surface area contributed by atoms with Gasteiger partial charge in [-0.2, -0.15) is 0 Å². The second kappa shape index (κ2) is 9.20. The number of amides is 1. The van der Waals surface area contributed by atoms with Crippen molar-refractivity contribution in [3.63, 3.8) is 0 Å². The summed E-state index contributed by atoms with van der Waals surface area (Å²) in [7, 11) is -3.76. The molecule has 7 heteroatoms. The second-order valence-corrected chi connectivity index (χ2v) is 10.6. The van der Waals surface area contributed by atoms with Crippen molar-refractivity contribution >= 4 is 27.0 Å². The third kappa shape index (κ3) is 5.22. The van der Waals surface area contributed by atoms with Crippen molar-refractivity contribution in [1.82, 2.24) is 8.87 Å². The van der Waals surface area contributed by atoms with Crippen molar-refractivity contribution < 1.29 is 17.9 Å². The fourth-order valence-corrected chi connectivity index (χ4v) is 4.83. The minimum atomic E-state index is -3.76. The van der Waals surface area contributed by atoms with E-state index in [2.05, 4.69) is 6.58 Å². The molecule has 0 saturated carbocycles. The molecule has 0 spiro atoms. The van der Waals surface area contributed by atoms with Crippen molar-refractivity contribution in [3.05, 3.63) is 78.5 Å². The minimum Gasteiger partial charge on any atom is -0.444 e. The van der Waals surface area contributed by atoms with Crippen molar-refractivity contribution in [2.75, 3.05) is 13.1 Å². The van der Waals surface area contributed by atoms with Crippen LogP contribution < -0.4 is 0 Å². The summed E-state index contributed by atoms with van der Waals surface area (Å²) in [5.41, 5.74) is 1.84. The largest absolute Gasteiger partial charge is 0.444 e. The Bertz CT molecular complexity index is 1220. The van der Waals surface area contributed by atoms with Gasteiger partial charge in [0, 0.05) is 24.7 Å². The normalized spacial score (nSPS) is 12.0. The van der Waals surface area contributed by atoms with E-state index in [4.69, 9.17) is 4.74 Å². The lowest BCUT2D eigenvalue weighted by atomic mass is 10.1. The number of carbonyl (C=O) groups excluding carboxylic acids is 1. The average molecular weight is 455 g/mol. The molecule has 0 saturated heterocycles. The molecule has 1 amide bonds. The molecule has 0 aliphatic rings. The molecule has 3 aromatic rings. The highest BCUT2D eigenvalue weighted by molar-refractivity contribution is 7.90. The van der Waals surface area contributed by atoms with Crippen LogP contribution in [0.3, 0.4) is 0 Å². The first kappa shape index (κ1) is 23.6. The van der Waals surface area contributed by atoms with E-state index in [1.807, 2.05) is 45.9 Å². The Labute approximate surface area is 190 Å². The molecule has 0 radical (unpaired) electrons. The Hall–Kier alpha value is -3.06. The highest BCUT2D eigenvalue weighted by atomic mass is 32.2. The summed E-state index contributed by atoms with van der Waals surface area (Å²) in [5, 5.41) is 0.839. The molecular formula is C25H30N2O4S. The number of fused-ring (bicyclic) bond motifs is 1. The highest BCUT2D eigenvalue weighted by Crippen LogP contribution is 2.27. The molecule has 0 bridgehead atoms. The number of aromatic nitrogens is 1. The molecular weight excluding hydrogens is 424 g/mol. The Balaban J connectivity index is 1.94. The number of hydrogen-bond donors (Lipinski definition) is 0. The van der Waals surface area contributed by atoms with Crippen LogP contribution in [0, 0.1) is 6.92 Å². The molecule has 0 atom stereocenters. The van der Waals surface area contributed by atoms with Gasteiger partial charge in [-0.15, -0.1) is 6.58 Å². The molecule has 2 aromatic carbocycles. The van der Waals surface area contributed by atoms with E-state index in [9.17, 15) is 13.2 Å². The fraction of sp³-hybridized carbons (Fsp3) is 0.320. The van der Waals surface area contributed by atoms with E-state index < -0.39 is 21.7 Å². The summed E-state index contributed by atoms with van der Waals surface area (Å²) in [5.74, 6) is 0. The van der Waals surface area contributed by atoms with Gasteiger partial charge in [0.1, 0.15) is 5.60 Å². The first-order valence-electron chi connectivity index (χ1n) is 10.5. The van der Waals surface area contributed by atoms with Gasteiger partial charge in [0.25, 0.3) is 10.0 Å². The van der Waals surface area contributed by atoms with Gasteiger partial charge in [-0.05, 0) is 57.9 Å². The number of aryl methyl sites for hydroxylation is 1. The minimum absolute atomic E-state index is 0.234.